The average molecular weight is 691 g/mol. The van der Waals surface area contributed by atoms with Crippen molar-refractivity contribution in [1.82, 2.24) is 0 Å². The van der Waals surface area contributed by atoms with Gasteiger partial charge in [0.15, 0.2) is 0 Å². The molecule has 0 aromatic rings. The van der Waals surface area contributed by atoms with E-state index in [2.05, 4.69) is 55.0 Å². The Bertz CT molecular complexity index is 827. The van der Waals surface area contributed by atoms with Gasteiger partial charge in [-0.05, 0) is 121 Å². The molecule has 0 saturated carbocycles. The first kappa shape index (κ1) is 46.0. The van der Waals surface area contributed by atoms with Gasteiger partial charge in [-0.15, -0.1) is 0 Å². The van der Waals surface area contributed by atoms with Crippen molar-refractivity contribution in [2.75, 3.05) is 33.0 Å². The van der Waals surface area contributed by atoms with Crippen LogP contribution >= 0.6 is 0 Å². The van der Waals surface area contributed by atoms with Gasteiger partial charge in [0, 0.05) is 32.7 Å². The SMILES string of the molecule is CCC(C)(C)OCCC[Si](C)(CCCOC(C)(C)CCOC(C)(C)CCC(=O)O)CCCOC(C)(C)CCOC(C)(C)CCC(=O)O. The monoisotopic (exact) mass is 691 g/mol. The molecule has 0 unspecified atom stereocenters. The number of carboxylic acids is 2. The van der Waals surface area contributed by atoms with Crippen molar-refractivity contribution in [3.8, 4) is 0 Å². The molecule has 0 radical (unpaired) electrons. The van der Waals surface area contributed by atoms with E-state index in [0.717, 1.165) is 45.1 Å². The third kappa shape index (κ3) is 25.6. The van der Waals surface area contributed by atoms with Crippen LogP contribution in [0.15, 0.2) is 0 Å². The molecule has 0 aromatic carbocycles. The van der Waals surface area contributed by atoms with E-state index in [1.807, 2.05) is 27.7 Å². The van der Waals surface area contributed by atoms with Crippen LogP contribution in [0, 0.1) is 0 Å². The van der Waals surface area contributed by atoms with Crippen LogP contribution in [0.5, 0.6) is 0 Å². The zero-order valence-corrected chi connectivity index (χ0v) is 33.5. The summed E-state index contributed by atoms with van der Waals surface area (Å²) in [6, 6.07) is 3.61. The predicted molar refractivity (Wildman–Crippen MR) is 193 cm³/mol. The van der Waals surface area contributed by atoms with E-state index in [1.54, 1.807) is 0 Å². The standard InChI is InChI=1S/C37H74O9Si/c1-13-33(2,3)42-23-14-28-47(12,29-15-24-43-36(8,9)21-26-45-34(4,5)19-17-31(38)39)30-16-25-44-37(10,11)22-27-46-35(6,7)20-18-32(40)41/h13-30H2,1-12H3,(H,38,39)(H,40,41). The second kappa shape index (κ2) is 21.2. The minimum Gasteiger partial charge on any atom is -0.481 e. The van der Waals surface area contributed by atoms with Gasteiger partial charge in [-0.25, -0.2) is 0 Å². The van der Waals surface area contributed by atoms with E-state index in [1.165, 1.54) is 18.1 Å². The second-order valence-corrected chi connectivity index (χ2v) is 21.9. The highest BCUT2D eigenvalue weighted by Gasteiger charge is 2.29. The molecule has 0 aliphatic heterocycles. The first-order valence-electron chi connectivity index (χ1n) is 18.1. The fourth-order valence-electron chi connectivity index (χ4n) is 5.27. The van der Waals surface area contributed by atoms with Crippen molar-refractivity contribution < 1.29 is 43.5 Å². The molecular weight excluding hydrogens is 616 g/mol. The molecule has 0 aromatic heterocycles. The van der Waals surface area contributed by atoms with E-state index < -0.39 is 31.2 Å². The van der Waals surface area contributed by atoms with Gasteiger partial charge >= 0.3 is 11.9 Å². The molecule has 47 heavy (non-hydrogen) atoms. The number of carboxylic acid groups (broad SMARTS) is 2. The zero-order valence-electron chi connectivity index (χ0n) is 32.5. The van der Waals surface area contributed by atoms with Crippen molar-refractivity contribution in [3.05, 3.63) is 0 Å². The molecule has 0 fully saturated rings. The molecule has 10 heteroatoms. The highest BCUT2D eigenvalue weighted by atomic mass is 28.3. The Kier molecular flexibility index (Phi) is 20.8. The van der Waals surface area contributed by atoms with Gasteiger partial charge < -0.3 is 33.9 Å². The number of ether oxygens (including phenoxy) is 5. The van der Waals surface area contributed by atoms with Crippen LogP contribution in [0.4, 0.5) is 0 Å². The van der Waals surface area contributed by atoms with Crippen molar-refractivity contribution >= 4 is 20.0 Å². The molecule has 0 aliphatic rings. The molecule has 9 nitrogen and oxygen atoms in total. The highest BCUT2D eigenvalue weighted by molar-refractivity contribution is 6.78. The number of aliphatic carboxylic acids is 2. The van der Waals surface area contributed by atoms with Crippen LogP contribution in [0.3, 0.4) is 0 Å². The Labute approximate surface area is 289 Å². The third-order valence-corrected chi connectivity index (χ3v) is 14.1. The normalized spacial score (nSPS) is 13.7. The van der Waals surface area contributed by atoms with Crippen molar-refractivity contribution in [2.45, 2.75) is 193 Å². The summed E-state index contributed by atoms with van der Waals surface area (Å²) >= 11 is 0. The number of carbonyl (C=O) groups is 2. The third-order valence-electron chi connectivity index (χ3n) is 9.38. The highest BCUT2D eigenvalue weighted by Crippen LogP contribution is 2.29. The van der Waals surface area contributed by atoms with Gasteiger partial charge in [-0.2, -0.15) is 0 Å². The maximum Gasteiger partial charge on any atom is 0.303 e. The molecule has 0 saturated heterocycles. The molecule has 280 valence electrons. The first-order chi connectivity index (χ1) is 21.4. The summed E-state index contributed by atoms with van der Waals surface area (Å²) in [5, 5.41) is 18.0. The summed E-state index contributed by atoms with van der Waals surface area (Å²) < 4.78 is 30.9. The van der Waals surface area contributed by atoms with Gasteiger partial charge in [0.1, 0.15) is 0 Å². The Balaban J connectivity index is 4.87. The Hall–Kier alpha value is -1.04. The molecular formula is C37H74O9Si. The van der Waals surface area contributed by atoms with E-state index in [-0.39, 0.29) is 29.6 Å². The lowest BCUT2D eigenvalue weighted by Gasteiger charge is -2.32. The van der Waals surface area contributed by atoms with Crippen LogP contribution in [-0.2, 0) is 33.3 Å². The van der Waals surface area contributed by atoms with E-state index in [4.69, 9.17) is 33.9 Å². The Morgan fingerprint density at radius 1 is 0.489 bits per heavy atom. The predicted octanol–water partition coefficient (Wildman–Crippen LogP) is 9.13. The lowest BCUT2D eigenvalue weighted by molar-refractivity contribution is -0.140. The quantitative estimate of drug-likeness (QED) is 0.0561. The Morgan fingerprint density at radius 2 is 0.766 bits per heavy atom. The number of hydrogen-bond donors (Lipinski definition) is 2. The molecule has 2 N–H and O–H groups in total. The maximum absolute atomic E-state index is 10.9. The molecule has 0 rings (SSSR count). The summed E-state index contributed by atoms with van der Waals surface area (Å²) in [7, 11) is -1.57. The van der Waals surface area contributed by atoms with Crippen LogP contribution in [0.2, 0.25) is 24.7 Å². The average Bonchev–Trinajstić information content (AvgIpc) is 2.93. The molecule has 0 aliphatic carbocycles. The van der Waals surface area contributed by atoms with E-state index in [0.29, 0.717) is 39.3 Å². The largest absolute Gasteiger partial charge is 0.481 e. The van der Waals surface area contributed by atoms with E-state index >= 15 is 0 Å². The minimum atomic E-state index is -1.57. The van der Waals surface area contributed by atoms with Crippen LogP contribution in [-0.4, -0.2) is 91.3 Å². The van der Waals surface area contributed by atoms with Crippen LogP contribution in [0.25, 0.3) is 0 Å². The second-order valence-electron chi connectivity index (χ2n) is 16.8. The van der Waals surface area contributed by atoms with Gasteiger partial charge in [-0.3, -0.25) is 9.59 Å². The van der Waals surface area contributed by atoms with Crippen molar-refractivity contribution in [3.63, 3.8) is 0 Å². The zero-order chi connectivity index (χ0) is 36.4. The summed E-state index contributed by atoms with van der Waals surface area (Å²) in [6.45, 7) is 28.5. The lowest BCUT2D eigenvalue weighted by atomic mass is 10.0. The first-order valence-corrected chi connectivity index (χ1v) is 21.2. The molecule has 0 atom stereocenters. The van der Waals surface area contributed by atoms with Gasteiger partial charge in [0.05, 0.1) is 49.3 Å². The molecule has 0 spiro atoms. The number of hydrogen-bond acceptors (Lipinski definition) is 7. The summed E-state index contributed by atoms with van der Waals surface area (Å²) in [6.07, 6.45) is 6.81. The topological polar surface area (TPSA) is 121 Å². The number of rotatable bonds is 30. The van der Waals surface area contributed by atoms with Gasteiger partial charge in [0.25, 0.3) is 0 Å². The lowest BCUT2D eigenvalue weighted by Crippen LogP contribution is -2.34. The minimum absolute atomic E-state index is 0.0822. The smallest absolute Gasteiger partial charge is 0.303 e. The van der Waals surface area contributed by atoms with Crippen LogP contribution in [0.1, 0.15) is 140 Å². The molecule has 0 heterocycles. The van der Waals surface area contributed by atoms with Crippen molar-refractivity contribution in [1.29, 1.82) is 0 Å². The fraction of sp³-hybridized carbons (Fsp3) is 0.946. The molecule has 0 bridgehead atoms. The van der Waals surface area contributed by atoms with Gasteiger partial charge in [-0.1, -0.05) is 31.6 Å². The van der Waals surface area contributed by atoms with Crippen molar-refractivity contribution in [2.24, 2.45) is 0 Å². The van der Waals surface area contributed by atoms with Crippen LogP contribution < -0.4 is 0 Å². The van der Waals surface area contributed by atoms with E-state index in [9.17, 15) is 9.59 Å². The Morgan fingerprint density at radius 3 is 1.06 bits per heavy atom. The molecule has 0 amide bonds. The summed E-state index contributed by atoms with van der Waals surface area (Å²) in [5.41, 5.74) is -1.64. The van der Waals surface area contributed by atoms with Gasteiger partial charge in [0.2, 0.25) is 0 Å². The fourth-order valence-corrected chi connectivity index (χ4v) is 9.01. The summed E-state index contributed by atoms with van der Waals surface area (Å²) in [5.74, 6) is -1.60. The maximum atomic E-state index is 10.9. The summed E-state index contributed by atoms with van der Waals surface area (Å²) in [4.78, 5) is 21.9.